The van der Waals surface area contributed by atoms with Crippen LogP contribution in [0.1, 0.15) is 16.7 Å². The van der Waals surface area contributed by atoms with E-state index in [0.717, 1.165) is 49.6 Å². The Morgan fingerprint density at radius 3 is 1.67 bits per heavy atom. The lowest BCUT2D eigenvalue weighted by Gasteiger charge is -2.46. The molecular weight excluding hydrogens is 442 g/mol. The SMILES string of the molecule is c1ccc(CC2CN(Cc3ccccc3)CC(Cc3ccccc3)N2c2nc3ccccc3o2)cc1. The molecule has 0 spiro atoms. The summed E-state index contributed by atoms with van der Waals surface area (Å²) in [6.45, 7) is 2.85. The summed E-state index contributed by atoms with van der Waals surface area (Å²) in [6, 6.07) is 41.7. The molecule has 4 heteroatoms. The monoisotopic (exact) mass is 473 g/mol. The molecule has 1 aliphatic heterocycles. The Balaban J connectivity index is 1.39. The van der Waals surface area contributed by atoms with Crippen LogP contribution >= 0.6 is 0 Å². The van der Waals surface area contributed by atoms with Crippen molar-refractivity contribution in [3.05, 3.63) is 132 Å². The topological polar surface area (TPSA) is 32.5 Å². The summed E-state index contributed by atoms with van der Waals surface area (Å²) >= 11 is 0. The number of rotatable bonds is 7. The third-order valence-corrected chi connectivity index (χ3v) is 7.11. The smallest absolute Gasteiger partial charge is 0.298 e. The summed E-state index contributed by atoms with van der Waals surface area (Å²) in [5.41, 5.74) is 5.78. The summed E-state index contributed by atoms with van der Waals surface area (Å²) in [7, 11) is 0. The van der Waals surface area contributed by atoms with Gasteiger partial charge >= 0.3 is 0 Å². The van der Waals surface area contributed by atoms with Crippen LogP contribution in [0.3, 0.4) is 0 Å². The van der Waals surface area contributed by atoms with Crippen molar-refractivity contribution in [3.8, 4) is 0 Å². The average Bonchev–Trinajstić information content (AvgIpc) is 3.34. The number of aromatic nitrogens is 1. The first kappa shape index (κ1) is 22.6. The number of piperazine rings is 1. The largest absolute Gasteiger partial charge is 0.423 e. The van der Waals surface area contributed by atoms with Gasteiger partial charge in [0.1, 0.15) is 5.52 Å². The van der Waals surface area contributed by atoms with Crippen molar-refractivity contribution in [1.29, 1.82) is 0 Å². The Morgan fingerprint density at radius 1 is 0.611 bits per heavy atom. The van der Waals surface area contributed by atoms with E-state index in [1.807, 2.05) is 24.3 Å². The minimum Gasteiger partial charge on any atom is -0.423 e. The van der Waals surface area contributed by atoms with Gasteiger partial charge in [-0.15, -0.1) is 0 Å². The van der Waals surface area contributed by atoms with Gasteiger partial charge in [0.05, 0.1) is 12.1 Å². The average molecular weight is 474 g/mol. The fraction of sp³-hybridized carbons (Fsp3) is 0.219. The second-order valence-corrected chi connectivity index (χ2v) is 9.74. The van der Waals surface area contributed by atoms with E-state index in [0.29, 0.717) is 0 Å². The van der Waals surface area contributed by atoms with Crippen LogP contribution < -0.4 is 4.90 Å². The van der Waals surface area contributed by atoms with Gasteiger partial charge in [0.25, 0.3) is 6.01 Å². The van der Waals surface area contributed by atoms with Crippen molar-refractivity contribution < 1.29 is 4.42 Å². The van der Waals surface area contributed by atoms with E-state index < -0.39 is 0 Å². The lowest BCUT2D eigenvalue weighted by Crippen LogP contribution is -2.60. The molecule has 0 saturated carbocycles. The van der Waals surface area contributed by atoms with Crippen LogP contribution in [-0.2, 0) is 19.4 Å². The molecule has 4 aromatic carbocycles. The predicted octanol–water partition coefficient (Wildman–Crippen LogP) is 6.37. The lowest BCUT2D eigenvalue weighted by molar-refractivity contribution is 0.174. The highest BCUT2D eigenvalue weighted by molar-refractivity contribution is 5.74. The first-order valence-corrected chi connectivity index (χ1v) is 12.8. The molecule has 180 valence electrons. The maximum absolute atomic E-state index is 6.39. The molecule has 0 aliphatic carbocycles. The van der Waals surface area contributed by atoms with Crippen LogP contribution in [0.15, 0.2) is 120 Å². The van der Waals surface area contributed by atoms with Gasteiger partial charge in [0, 0.05) is 19.6 Å². The van der Waals surface area contributed by atoms with Gasteiger partial charge in [-0.25, -0.2) is 0 Å². The van der Waals surface area contributed by atoms with E-state index in [1.165, 1.54) is 16.7 Å². The first-order chi connectivity index (χ1) is 17.8. The molecule has 2 heterocycles. The molecule has 0 amide bonds. The molecule has 1 fully saturated rings. The first-order valence-electron chi connectivity index (χ1n) is 12.8. The van der Waals surface area contributed by atoms with Crippen molar-refractivity contribution in [2.24, 2.45) is 0 Å². The predicted molar refractivity (Wildman–Crippen MR) is 146 cm³/mol. The number of benzene rings is 4. The van der Waals surface area contributed by atoms with E-state index in [2.05, 4.69) is 101 Å². The molecule has 1 aromatic heterocycles. The van der Waals surface area contributed by atoms with Crippen molar-refractivity contribution >= 4 is 17.1 Å². The Morgan fingerprint density at radius 2 is 1.11 bits per heavy atom. The molecular formula is C32H31N3O. The molecule has 5 aromatic rings. The number of nitrogens with zero attached hydrogens (tertiary/aromatic N) is 3. The summed E-state index contributed by atoms with van der Waals surface area (Å²) in [5, 5.41) is 0. The molecule has 0 bridgehead atoms. The fourth-order valence-corrected chi connectivity index (χ4v) is 5.50. The number of hydrogen-bond acceptors (Lipinski definition) is 4. The van der Waals surface area contributed by atoms with Crippen LogP contribution in [0, 0.1) is 0 Å². The van der Waals surface area contributed by atoms with Gasteiger partial charge < -0.3 is 9.32 Å². The molecule has 1 aliphatic rings. The van der Waals surface area contributed by atoms with Crippen LogP contribution in [-0.4, -0.2) is 35.1 Å². The Bertz CT molecular complexity index is 1300. The zero-order valence-electron chi connectivity index (χ0n) is 20.4. The summed E-state index contributed by atoms with van der Waals surface area (Å²) in [5.74, 6) is 0. The van der Waals surface area contributed by atoms with Gasteiger partial charge in [0.2, 0.25) is 0 Å². The van der Waals surface area contributed by atoms with Gasteiger partial charge in [-0.3, -0.25) is 4.90 Å². The van der Waals surface area contributed by atoms with Crippen LogP contribution in [0.4, 0.5) is 6.01 Å². The van der Waals surface area contributed by atoms with Crippen LogP contribution in [0.2, 0.25) is 0 Å². The molecule has 36 heavy (non-hydrogen) atoms. The molecule has 2 unspecified atom stereocenters. The second-order valence-electron chi connectivity index (χ2n) is 9.74. The molecule has 2 atom stereocenters. The van der Waals surface area contributed by atoms with Gasteiger partial charge in [-0.1, -0.05) is 103 Å². The van der Waals surface area contributed by atoms with Crippen LogP contribution in [0.25, 0.3) is 11.1 Å². The number of oxazole rings is 1. The molecule has 0 N–H and O–H groups in total. The number of hydrogen-bond donors (Lipinski definition) is 0. The van der Waals surface area contributed by atoms with Crippen molar-refractivity contribution in [2.45, 2.75) is 31.5 Å². The molecule has 6 rings (SSSR count). The molecule has 4 nitrogen and oxygen atoms in total. The van der Waals surface area contributed by atoms with Crippen molar-refractivity contribution in [1.82, 2.24) is 9.88 Å². The fourth-order valence-electron chi connectivity index (χ4n) is 5.50. The van der Waals surface area contributed by atoms with Crippen molar-refractivity contribution in [3.63, 3.8) is 0 Å². The summed E-state index contributed by atoms with van der Waals surface area (Å²) in [6.07, 6.45) is 1.88. The maximum Gasteiger partial charge on any atom is 0.298 e. The van der Waals surface area contributed by atoms with Crippen LogP contribution in [0.5, 0.6) is 0 Å². The van der Waals surface area contributed by atoms with E-state index in [1.54, 1.807) is 0 Å². The quantitative estimate of drug-likeness (QED) is 0.275. The highest BCUT2D eigenvalue weighted by atomic mass is 16.4. The maximum atomic E-state index is 6.39. The van der Waals surface area contributed by atoms with E-state index in [4.69, 9.17) is 9.40 Å². The van der Waals surface area contributed by atoms with E-state index in [9.17, 15) is 0 Å². The lowest BCUT2D eigenvalue weighted by atomic mass is 9.95. The third-order valence-electron chi connectivity index (χ3n) is 7.11. The van der Waals surface area contributed by atoms with Crippen molar-refractivity contribution in [2.75, 3.05) is 18.0 Å². The van der Waals surface area contributed by atoms with Gasteiger partial charge in [-0.05, 0) is 41.7 Å². The zero-order chi connectivity index (χ0) is 24.2. The number of anilines is 1. The minimum atomic E-state index is 0.242. The normalized spacial score (nSPS) is 18.5. The number of para-hydroxylation sites is 2. The molecule has 1 saturated heterocycles. The Labute approximate surface area is 212 Å². The standard InChI is InChI=1S/C32H31N3O/c1-4-12-25(13-5-1)20-28-23-34(22-27-16-8-3-9-17-27)24-29(21-26-14-6-2-7-15-26)35(28)32-33-30-18-10-11-19-31(30)36-32/h1-19,28-29H,20-24H2. The van der Waals surface area contributed by atoms with E-state index in [-0.39, 0.29) is 12.1 Å². The van der Waals surface area contributed by atoms with Gasteiger partial charge in [0.15, 0.2) is 5.58 Å². The highest BCUT2D eigenvalue weighted by Crippen LogP contribution is 2.31. The van der Waals surface area contributed by atoms with E-state index >= 15 is 0 Å². The summed E-state index contributed by atoms with van der Waals surface area (Å²) < 4.78 is 6.39. The zero-order valence-corrected chi connectivity index (χ0v) is 20.4. The summed E-state index contributed by atoms with van der Waals surface area (Å²) in [4.78, 5) is 10.1. The second kappa shape index (κ2) is 10.4. The highest BCUT2D eigenvalue weighted by Gasteiger charge is 2.37. The van der Waals surface area contributed by atoms with Gasteiger partial charge in [-0.2, -0.15) is 4.98 Å². The minimum absolute atomic E-state index is 0.242. The Hall–Kier alpha value is -3.89. The number of fused-ring (bicyclic) bond motifs is 1. The molecule has 0 radical (unpaired) electrons. The Kier molecular flexibility index (Phi) is 6.51. The third kappa shape index (κ3) is 5.05.